The van der Waals surface area contributed by atoms with Gasteiger partial charge in [0.2, 0.25) is 0 Å². The van der Waals surface area contributed by atoms with Crippen LogP contribution in [-0.4, -0.2) is 43.7 Å². The standard InChI is InChI=1S/C18H26BrNO3/c1-4-22-18(21)15-5-7-20(8-6-15)9-10-23-17-14(3)11-13(2)12-16(17)19/h11-12,15H,4-10H2,1-3H3. The number of piperidine rings is 1. The minimum absolute atomic E-state index is 0.0392. The van der Waals surface area contributed by atoms with Gasteiger partial charge in [-0.05, 0) is 79.8 Å². The lowest BCUT2D eigenvalue weighted by Gasteiger charge is -2.30. The Hall–Kier alpha value is -1.07. The minimum atomic E-state index is -0.0392. The molecule has 2 rings (SSSR count). The predicted octanol–water partition coefficient (Wildman–Crippen LogP) is 3.72. The molecule has 1 saturated heterocycles. The highest BCUT2D eigenvalue weighted by atomic mass is 79.9. The van der Waals surface area contributed by atoms with Crippen LogP contribution in [0.4, 0.5) is 0 Å². The monoisotopic (exact) mass is 383 g/mol. The first-order valence-electron chi connectivity index (χ1n) is 8.29. The van der Waals surface area contributed by atoms with Crippen LogP contribution in [0.2, 0.25) is 0 Å². The molecule has 0 saturated carbocycles. The van der Waals surface area contributed by atoms with E-state index in [4.69, 9.17) is 9.47 Å². The lowest BCUT2D eigenvalue weighted by atomic mass is 9.97. The number of nitrogens with zero attached hydrogens (tertiary/aromatic N) is 1. The third-order valence-corrected chi connectivity index (χ3v) is 4.82. The summed E-state index contributed by atoms with van der Waals surface area (Å²) in [5, 5.41) is 0. The summed E-state index contributed by atoms with van der Waals surface area (Å²) in [6, 6.07) is 4.21. The first-order chi connectivity index (χ1) is 11.0. The molecular weight excluding hydrogens is 358 g/mol. The second kappa shape index (κ2) is 8.69. The van der Waals surface area contributed by atoms with Gasteiger partial charge in [0.25, 0.3) is 0 Å². The van der Waals surface area contributed by atoms with Gasteiger partial charge in [-0.25, -0.2) is 0 Å². The quantitative estimate of drug-likeness (QED) is 0.701. The maximum Gasteiger partial charge on any atom is 0.309 e. The van der Waals surface area contributed by atoms with E-state index in [1.807, 2.05) is 6.92 Å². The Kier molecular flexibility index (Phi) is 6.90. The number of hydrogen-bond donors (Lipinski definition) is 0. The van der Waals surface area contributed by atoms with Gasteiger partial charge in [-0.3, -0.25) is 9.69 Å². The average molecular weight is 384 g/mol. The number of aryl methyl sites for hydroxylation is 2. The molecule has 0 unspecified atom stereocenters. The van der Waals surface area contributed by atoms with Crippen molar-refractivity contribution >= 4 is 21.9 Å². The Balaban J connectivity index is 1.75. The Bertz CT molecular complexity index is 516. The number of carbonyl (C=O) groups is 1. The molecule has 1 aromatic rings. The molecule has 0 radical (unpaired) electrons. The number of hydrogen-bond acceptors (Lipinski definition) is 4. The predicted molar refractivity (Wildman–Crippen MR) is 94.9 cm³/mol. The highest BCUT2D eigenvalue weighted by Gasteiger charge is 2.25. The van der Waals surface area contributed by atoms with E-state index in [1.54, 1.807) is 0 Å². The largest absolute Gasteiger partial charge is 0.491 e. The SMILES string of the molecule is CCOC(=O)C1CCN(CCOc2c(C)cc(C)cc2Br)CC1. The van der Waals surface area contributed by atoms with Gasteiger partial charge in [0.1, 0.15) is 12.4 Å². The third kappa shape index (κ3) is 5.21. The van der Waals surface area contributed by atoms with Gasteiger partial charge in [-0.1, -0.05) is 6.07 Å². The van der Waals surface area contributed by atoms with Crippen LogP contribution in [-0.2, 0) is 9.53 Å². The first-order valence-corrected chi connectivity index (χ1v) is 9.09. The van der Waals surface area contributed by atoms with Gasteiger partial charge < -0.3 is 9.47 Å². The Morgan fingerprint density at radius 2 is 2.00 bits per heavy atom. The van der Waals surface area contributed by atoms with E-state index < -0.39 is 0 Å². The zero-order valence-corrected chi connectivity index (χ0v) is 15.8. The summed E-state index contributed by atoms with van der Waals surface area (Å²) in [5.41, 5.74) is 2.38. The average Bonchev–Trinajstić information content (AvgIpc) is 2.50. The molecule has 23 heavy (non-hydrogen) atoms. The molecule has 0 atom stereocenters. The number of halogens is 1. The zero-order chi connectivity index (χ0) is 16.8. The fourth-order valence-electron chi connectivity index (χ4n) is 3.01. The van der Waals surface area contributed by atoms with Crippen molar-refractivity contribution in [1.29, 1.82) is 0 Å². The summed E-state index contributed by atoms with van der Waals surface area (Å²) in [4.78, 5) is 14.1. The zero-order valence-electron chi connectivity index (χ0n) is 14.2. The number of ether oxygens (including phenoxy) is 2. The van der Waals surface area contributed by atoms with Crippen molar-refractivity contribution < 1.29 is 14.3 Å². The second-order valence-electron chi connectivity index (χ2n) is 6.11. The molecule has 5 heteroatoms. The smallest absolute Gasteiger partial charge is 0.309 e. The van der Waals surface area contributed by atoms with Crippen molar-refractivity contribution in [3.05, 3.63) is 27.7 Å². The second-order valence-corrected chi connectivity index (χ2v) is 6.96. The van der Waals surface area contributed by atoms with Crippen molar-refractivity contribution in [2.75, 3.05) is 32.8 Å². The molecule has 0 aromatic heterocycles. The maximum atomic E-state index is 11.7. The topological polar surface area (TPSA) is 38.8 Å². The van der Waals surface area contributed by atoms with Gasteiger partial charge >= 0.3 is 5.97 Å². The fourth-order valence-corrected chi connectivity index (χ4v) is 3.80. The summed E-state index contributed by atoms with van der Waals surface area (Å²) in [5.74, 6) is 0.959. The molecule has 1 aliphatic rings. The van der Waals surface area contributed by atoms with Crippen molar-refractivity contribution in [3.8, 4) is 5.75 Å². The maximum absolute atomic E-state index is 11.7. The van der Waals surface area contributed by atoms with Crippen LogP contribution >= 0.6 is 15.9 Å². The summed E-state index contributed by atoms with van der Waals surface area (Å²) >= 11 is 3.57. The van der Waals surface area contributed by atoms with Crippen LogP contribution in [0.15, 0.2) is 16.6 Å². The summed E-state index contributed by atoms with van der Waals surface area (Å²) in [6.07, 6.45) is 1.76. The van der Waals surface area contributed by atoms with E-state index >= 15 is 0 Å². The van der Waals surface area contributed by atoms with Crippen LogP contribution in [0.3, 0.4) is 0 Å². The molecular formula is C18H26BrNO3. The van der Waals surface area contributed by atoms with Crippen LogP contribution in [0.1, 0.15) is 30.9 Å². The molecule has 1 heterocycles. The van der Waals surface area contributed by atoms with Gasteiger partial charge in [0.05, 0.1) is 17.0 Å². The summed E-state index contributed by atoms with van der Waals surface area (Å²) in [7, 11) is 0. The van der Waals surface area contributed by atoms with Crippen LogP contribution in [0.25, 0.3) is 0 Å². The molecule has 0 amide bonds. The Morgan fingerprint density at radius 3 is 2.61 bits per heavy atom. The first kappa shape index (κ1) is 18.3. The Labute approximate surface area is 147 Å². The number of likely N-dealkylation sites (tertiary alicyclic amines) is 1. The molecule has 4 nitrogen and oxygen atoms in total. The van der Waals surface area contributed by atoms with E-state index in [2.05, 4.69) is 46.8 Å². The van der Waals surface area contributed by atoms with Crippen molar-refractivity contribution in [2.24, 2.45) is 5.92 Å². The third-order valence-electron chi connectivity index (χ3n) is 4.24. The fraction of sp³-hybridized carbons (Fsp3) is 0.611. The molecule has 1 fully saturated rings. The van der Waals surface area contributed by atoms with Crippen LogP contribution in [0, 0.1) is 19.8 Å². The molecule has 0 bridgehead atoms. The van der Waals surface area contributed by atoms with Gasteiger partial charge in [0.15, 0.2) is 0 Å². The van der Waals surface area contributed by atoms with Crippen molar-refractivity contribution in [3.63, 3.8) is 0 Å². The van der Waals surface area contributed by atoms with E-state index in [0.717, 1.165) is 48.3 Å². The molecule has 1 aromatic carbocycles. The van der Waals surface area contributed by atoms with Crippen LogP contribution < -0.4 is 4.74 Å². The van der Waals surface area contributed by atoms with Gasteiger partial charge in [-0.2, -0.15) is 0 Å². The lowest BCUT2D eigenvalue weighted by Crippen LogP contribution is -2.39. The van der Waals surface area contributed by atoms with E-state index in [-0.39, 0.29) is 11.9 Å². The van der Waals surface area contributed by atoms with Gasteiger partial charge in [0, 0.05) is 6.54 Å². The van der Waals surface area contributed by atoms with E-state index in [0.29, 0.717) is 13.2 Å². The van der Waals surface area contributed by atoms with E-state index in [1.165, 1.54) is 5.56 Å². The molecule has 1 aliphatic heterocycles. The molecule has 0 N–H and O–H groups in total. The number of benzene rings is 1. The number of carbonyl (C=O) groups excluding carboxylic acids is 1. The normalized spacial score (nSPS) is 16.3. The molecule has 128 valence electrons. The Morgan fingerprint density at radius 1 is 1.30 bits per heavy atom. The van der Waals surface area contributed by atoms with Gasteiger partial charge in [-0.15, -0.1) is 0 Å². The van der Waals surface area contributed by atoms with Crippen molar-refractivity contribution in [1.82, 2.24) is 4.90 Å². The lowest BCUT2D eigenvalue weighted by molar-refractivity contribution is -0.149. The number of esters is 1. The van der Waals surface area contributed by atoms with E-state index in [9.17, 15) is 4.79 Å². The summed E-state index contributed by atoms with van der Waals surface area (Å²) in [6.45, 7) is 9.88. The molecule has 0 aliphatic carbocycles. The van der Waals surface area contributed by atoms with Crippen LogP contribution in [0.5, 0.6) is 5.75 Å². The van der Waals surface area contributed by atoms with Crippen molar-refractivity contribution in [2.45, 2.75) is 33.6 Å². The number of rotatable bonds is 6. The highest BCUT2D eigenvalue weighted by molar-refractivity contribution is 9.10. The molecule has 0 spiro atoms. The summed E-state index contributed by atoms with van der Waals surface area (Å²) < 4.78 is 12.1. The minimum Gasteiger partial charge on any atom is -0.491 e. The highest BCUT2D eigenvalue weighted by Crippen LogP contribution is 2.30.